The van der Waals surface area contributed by atoms with Crippen molar-refractivity contribution in [1.29, 1.82) is 0 Å². The first-order valence-electron chi connectivity index (χ1n) is 7.40. The van der Waals surface area contributed by atoms with E-state index in [1.165, 1.54) is 25.9 Å². The average molecular weight is 260 g/mol. The van der Waals surface area contributed by atoms with Crippen molar-refractivity contribution >= 4 is 0 Å². The van der Waals surface area contributed by atoms with Gasteiger partial charge in [-0.2, -0.15) is 0 Å². The van der Waals surface area contributed by atoms with E-state index in [4.69, 9.17) is 5.73 Å². The van der Waals surface area contributed by atoms with E-state index >= 15 is 0 Å². The first kappa shape index (κ1) is 13.0. The van der Waals surface area contributed by atoms with Gasteiger partial charge in [0.05, 0.1) is 11.7 Å². The molecule has 4 heteroatoms. The van der Waals surface area contributed by atoms with Crippen molar-refractivity contribution in [1.82, 2.24) is 14.8 Å². The molecule has 3 rings (SSSR count). The lowest BCUT2D eigenvalue weighted by atomic mass is 10.0. The van der Waals surface area contributed by atoms with E-state index in [0.717, 1.165) is 24.8 Å². The predicted octanol–water partition coefficient (Wildman–Crippen LogP) is 1.25. The summed E-state index contributed by atoms with van der Waals surface area (Å²) in [6.07, 6.45) is 4.67. The molecule has 2 N–H and O–H groups in total. The molecule has 1 saturated heterocycles. The van der Waals surface area contributed by atoms with Crippen LogP contribution in [0.5, 0.6) is 0 Å². The smallest absolute Gasteiger partial charge is 0.0671 e. The fraction of sp³-hybridized carbons (Fsp3) is 0.667. The lowest BCUT2D eigenvalue weighted by Crippen LogP contribution is -2.51. The number of hydrogen-bond acceptors (Lipinski definition) is 4. The van der Waals surface area contributed by atoms with Gasteiger partial charge in [-0.1, -0.05) is 6.07 Å². The highest BCUT2D eigenvalue weighted by molar-refractivity contribution is 5.11. The van der Waals surface area contributed by atoms with Gasteiger partial charge in [0.25, 0.3) is 0 Å². The highest BCUT2D eigenvalue weighted by atomic mass is 15.3. The van der Waals surface area contributed by atoms with E-state index < -0.39 is 0 Å². The van der Waals surface area contributed by atoms with E-state index in [0.29, 0.717) is 0 Å². The summed E-state index contributed by atoms with van der Waals surface area (Å²) in [7, 11) is 0. The Kier molecular flexibility index (Phi) is 3.82. The summed E-state index contributed by atoms with van der Waals surface area (Å²) >= 11 is 0. The van der Waals surface area contributed by atoms with Gasteiger partial charge in [0.2, 0.25) is 0 Å². The van der Waals surface area contributed by atoms with Crippen molar-refractivity contribution < 1.29 is 0 Å². The largest absolute Gasteiger partial charge is 0.326 e. The molecule has 1 aromatic rings. The van der Waals surface area contributed by atoms with Gasteiger partial charge < -0.3 is 5.73 Å². The first-order chi connectivity index (χ1) is 9.25. The van der Waals surface area contributed by atoms with Crippen molar-refractivity contribution in [3.8, 4) is 0 Å². The maximum atomic E-state index is 6.21. The van der Waals surface area contributed by atoms with Crippen LogP contribution in [0.25, 0.3) is 0 Å². The van der Waals surface area contributed by atoms with Crippen molar-refractivity contribution in [2.75, 3.05) is 26.2 Å². The maximum absolute atomic E-state index is 6.21. The molecule has 2 unspecified atom stereocenters. The Hall–Kier alpha value is -0.970. The standard InChI is InChI=1S/C15H24N4/c1-12(16)15(14-4-2-3-7-17-14)19-10-8-18(9-11-19)13-5-6-13/h2-4,7,12-13,15H,5-6,8-11,16H2,1H3. The Morgan fingerprint density at radius 3 is 2.47 bits per heavy atom. The molecule has 2 aliphatic rings. The maximum Gasteiger partial charge on any atom is 0.0671 e. The average Bonchev–Trinajstić information content (AvgIpc) is 3.25. The Labute approximate surface area is 115 Å². The van der Waals surface area contributed by atoms with Crippen LogP contribution in [-0.4, -0.2) is 53.0 Å². The van der Waals surface area contributed by atoms with Crippen LogP contribution in [0, 0.1) is 0 Å². The molecule has 0 spiro atoms. The Bertz CT molecular complexity index is 394. The minimum atomic E-state index is 0.113. The lowest BCUT2D eigenvalue weighted by Gasteiger charge is -2.40. The molecule has 2 fully saturated rings. The van der Waals surface area contributed by atoms with Crippen molar-refractivity contribution in [2.24, 2.45) is 5.73 Å². The van der Waals surface area contributed by atoms with E-state index in [-0.39, 0.29) is 12.1 Å². The molecule has 4 nitrogen and oxygen atoms in total. The summed E-state index contributed by atoms with van der Waals surface area (Å²) < 4.78 is 0. The van der Waals surface area contributed by atoms with E-state index in [1.807, 2.05) is 12.3 Å². The van der Waals surface area contributed by atoms with Crippen LogP contribution in [0.15, 0.2) is 24.4 Å². The van der Waals surface area contributed by atoms with Gasteiger partial charge in [-0.15, -0.1) is 0 Å². The minimum absolute atomic E-state index is 0.113. The molecule has 104 valence electrons. The predicted molar refractivity (Wildman–Crippen MR) is 76.8 cm³/mol. The van der Waals surface area contributed by atoms with Gasteiger partial charge in [-0.3, -0.25) is 14.8 Å². The molecule has 1 aliphatic carbocycles. The summed E-state index contributed by atoms with van der Waals surface area (Å²) in [6, 6.07) is 7.36. The van der Waals surface area contributed by atoms with E-state index in [1.54, 1.807) is 0 Å². The van der Waals surface area contributed by atoms with Crippen LogP contribution in [0.1, 0.15) is 31.5 Å². The number of aromatic nitrogens is 1. The third kappa shape index (κ3) is 2.96. The van der Waals surface area contributed by atoms with Crippen LogP contribution in [0.2, 0.25) is 0 Å². The van der Waals surface area contributed by atoms with Gasteiger partial charge in [0, 0.05) is 44.5 Å². The van der Waals surface area contributed by atoms with Gasteiger partial charge in [0.15, 0.2) is 0 Å². The molecule has 0 amide bonds. The van der Waals surface area contributed by atoms with Crippen LogP contribution < -0.4 is 5.73 Å². The number of piperazine rings is 1. The second-order valence-corrected chi connectivity index (χ2v) is 5.86. The lowest BCUT2D eigenvalue weighted by molar-refractivity contribution is 0.0809. The van der Waals surface area contributed by atoms with Gasteiger partial charge >= 0.3 is 0 Å². The summed E-state index contributed by atoms with van der Waals surface area (Å²) in [5.41, 5.74) is 7.32. The summed E-state index contributed by atoms with van der Waals surface area (Å²) in [5.74, 6) is 0. The SMILES string of the molecule is CC(N)C(c1ccccn1)N1CCN(C2CC2)CC1. The second kappa shape index (κ2) is 5.57. The number of nitrogens with zero attached hydrogens (tertiary/aromatic N) is 3. The molecule has 19 heavy (non-hydrogen) atoms. The van der Waals surface area contributed by atoms with Gasteiger partial charge in [-0.05, 0) is 31.9 Å². The highest BCUT2D eigenvalue weighted by Crippen LogP contribution is 2.29. The summed E-state index contributed by atoms with van der Waals surface area (Å²) in [5, 5.41) is 0. The molecule has 1 aliphatic heterocycles. The molecule has 2 atom stereocenters. The van der Waals surface area contributed by atoms with Gasteiger partial charge in [-0.25, -0.2) is 0 Å². The monoisotopic (exact) mass is 260 g/mol. The number of pyridine rings is 1. The topological polar surface area (TPSA) is 45.4 Å². The molecule has 2 heterocycles. The zero-order chi connectivity index (χ0) is 13.2. The molecule has 0 aromatic carbocycles. The quantitative estimate of drug-likeness (QED) is 0.885. The molecule has 0 radical (unpaired) electrons. The molecule has 0 bridgehead atoms. The van der Waals surface area contributed by atoms with Crippen molar-refractivity contribution in [3.63, 3.8) is 0 Å². The normalized spacial score (nSPS) is 25.2. The number of rotatable bonds is 4. The van der Waals surface area contributed by atoms with Crippen molar-refractivity contribution in [2.45, 2.75) is 37.9 Å². The molecular weight excluding hydrogens is 236 g/mol. The van der Waals surface area contributed by atoms with Crippen LogP contribution in [0.3, 0.4) is 0 Å². The fourth-order valence-electron chi connectivity index (χ4n) is 3.16. The molecular formula is C15H24N4. The van der Waals surface area contributed by atoms with Crippen LogP contribution in [-0.2, 0) is 0 Å². The number of nitrogens with two attached hydrogens (primary N) is 1. The van der Waals surface area contributed by atoms with E-state index in [9.17, 15) is 0 Å². The van der Waals surface area contributed by atoms with Crippen LogP contribution >= 0.6 is 0 Å². The zero-order valence-corrected chi connectivity index (χ0v) is 11.7. The molecule has 1 saturated carbocycles. The third-order valence-electron chi connectivity index (χ3n) is 4.29. The van der Waals surface area contributed by atoms with Crippen LogP contribution in [0.4, 0.5) is 0 Å². The third-order valence-corrected chi connectivity index (χ3v) is 4.29. The summed E-state index contributed by atoms with van der Waals surface area (Å²) in [6.45, 7) is 6.67. The Morgan fingerprint density at radius 2 is 1.95 bits per heavy atom. The molecule has 1 aromatic heterocycles. The number of hydrogen-bond donors (Lipinski definition) is 1. The van der Waals surface area contributed by atoms with Gasteiger partial charge in [0.1, 0.15) is 0 Å². The zero-order valence-electron chi connectivity index (χ0n) is 11.7. The Balaban J connectivity index is 1.68. The van der Waals surface area contributed by atoms with E-state index in [2.05, 4.69) is 33.8 Å². The first-order valence-corrected chi connectivity index (χ1v) is 7.40. The van der Waals surface area contributed by atoms with Crippen molar-refractivity contribution in [3.05, 3.63) is 30.1 Å². The highest BCUT2D eigenvalue weighted by Gasteiger charge is 2.34. The minimum Gasteiger partial charge on any atom is -0.326 e. The fourth-order valence-corrected chi connectivity index (χ4v) is 3.16. The summed E-state index contributed by atoms with van der Waals surface area (Å²) in [4.78, 5) is 9.64. The Morgan fingerprint density at radius 1 is 1.21 bits per heavy atom. The second-order valence-electron chi connectivity index (χ2n) is 5.86.